The number of aliphatic imine (C=N–C) groups is 1. The third-order valence-electron chi connectivity index (χ3n) is 0.812. The molecule has 2 heteroatoms. The van der Waals surface area contributed by atoms with Crippen LogP contribution in [0.2, 0.25) is 0 Å². The molecule has 0 rings (SSSR count). The van der Waals surface area contributed by atoms with Crippen LogP contribution in [0.1, 0.15) is 13.8 Å². The largest absolute Gasteiger partial charge is 0.390 e. The van der Waals surface area contributed by atoms with Crippen LogP contribution in [0.5, 0.6) is 0 Å². The van der Waals surface area contributed by atoms with Crippen molar-refractivity contribution in [2.24, 2.45) is 4.99 Å². The molecule has 0 saturated carbocycles. The SMILES string of the molecule is CC=N/C=C(/C)NC. The lowest BCUT2D eigenvalue weighted by Gasteiger charge is -1.92. The molecule has 0 aromatic heterocycles. The van der Waals surface area contributed by atoms with Crippen molar-refractivity contribution in [3.63, 3.8) is 0 Å². The van der Waals surface area contributed by atoms with E-state index in [1.165, 1.54) is 0 Å². The van der Waals surface area contributed by atoms with Gasteiger partial charge in [-0.05, 0) is 13.8 Å². The van der Waals surface area contributed by atoms with Gasteiger partial charge in [0.05, 0.1) is 0 Å². The molecule has 0 spiro atoms. The van der Waals surface area contributed by atoms with E-state index in [1.807, 2.05) is 20.9 Å². The van der Waals surface area contributed by atoms with Crippen molar-refractivity contribution in [2.45, 2.75) is 13.8 Å². The highest BCUT2D eigenvalue weighted by atomic mass is 14.8. The summed E-state index contributed by atoms with van der Waals surface area (Å²) in [6.07, 6.45) is 3.53. The van der Waals surface area contributed by atoms with Gasteiger partial charge in [-0.3, -0.25) is 4.99 Å². The summed E-state index contributed by atoms with van der Waals surface area (Å²) in [4.78, 5) is 3.89. The van der Waals surface area contributed by atoms with E-state index in [-0.39, 0.29) is 0 Å². The molecule has 0 aliphatic rings. The summed E-state index contributed by atoms with van der Waals surface area (Å²) < 4.78 is 0. The monoisotopic (exact) mass is 112 g/mol. The van der Waals surface area contributed by atoms with Crippen LogP contribution in [-0.4, -0.2) is 13.3 Å². The summed E-state index contributed by atoms with van der Waals surface area (Å²) in [5.74, 6) is 0. The zero-order valence-electron chi connectivity index (χ0n) is 5.60. The van der Waals surface area contributed by atoms with Gasteiger partial charge in [-0.2, -0.15) is 0 Å². The second-order valence-corrected chi connectivity index (χ2v) is 1.47. The van der Waals surface area contributed by atoms with E-state index in [9.17, 15) is 0 Å². The van der Waals surface area contributed by atoms with Gasteiger partial charge in [0.25, 0.3) is 0 Å². The number of rotatable bonds is 2. The van der Waals surface area contributed by atoms with Crippen molar-refractivity contribution in [2.75, 3.05) is 7.05 Å². The predicted octanol–water partition coefficient (Wildman–Crippen LogP) is 1.16. The molecule has 0 fully saturated rings. The fraction of sp³-hybridized carbons (Fsp3) is 0.500. The summed E-state index contributed by atoms with van der Waals surface area (Å²) in [5, 5.41) is 2.95. The summed E-state index contributed by atoms with van der Waals surface area (Å²) in [6.45, 7) is 3.85. The first-order valence-corrected chi connectivity index (χ1v) is 2.63. The van der Waals surface area contributed by atoms with Gasteiger partial charge in [-0.15, -0.1) is 0 Å². The standard InChI is InChI=1S/C6H12N2/c1-4-8-5-6(2)7-3/h4-5,7H,1-3H3/b6-5-,8-4?. The minimum absolute atomic E-state index is 1.07. The molecule has 2 nitrogen and oxygen atoms in total. The molecule has 0 atom stereocenters. The molecule has 0 saturated heterocycles. The molecule has 1 N–H and O–H groups in total. The Morgan fingerprint density at radius 3 is 2.62 bits per heavy atom. The van der Waals surface area contributed by atoms with Crippen LogP contribution >= 0.6 is 0 Å². The molecule has 0 bridgehead atoms. The van der Waals surface area contributed by atoms with E-state index in [0.29, 0.717) is 0 Å². The van der Waals surface area contributed by atoms with Crippen LogP contribution < -0.4 is 5.32 Å². The summed E-state index contributed by atoms with van der Waals surface area (Å²) in [5.41, 5.74) is 1.07. The maximum atomic E-state index is 3.89. The number of hydrogen-bond donors (Lipinski definition) is 1. The first-order valence-electron chi connectivity index (χ1n) is 2.63. The second kappa shape index (κ2) is 4.37. The molecule has 0 aromatic carbocycles. The van der Waals surface area contributed by atoms with Crippen molar-refractivity contribution >= 4 is 6.21 Å². The van der Waals surface area contributed by atoms with Gasteiger partial charge in [0, 0.05) is 25.2 Å². The Kier molecular flexibility index (Phi) is 3.94. The molecule has 46 valence electrons. The fourth-order valence-corrected chi connectivity index (χ4v) is 0.251. The highest BCUT2D eigenvalue weighted by Gasteiger charge is 1.73. The molecule has 0 aromatic rings. The molecular formula is C6H12N2. The Bertz CT molecular complexity index is 103. The highest BCUT2D eigenvalue weighted by molar-refractivity contribution is 5.54. The topological polar surface area (TPSA) is 24.4 Å². The first kappa shape index (κ1) is 7.21. The molecular weight excluding hydrogens is 100 g/mol. The zero-order valence-corrected chi connectivity index (χ0v) is 5.60. The number of hydrogen-bond acceptors (Lipinski definition) is 2. The van der Waals surface area contributed by atoms with Crippen molar-refractivity contribution in [3.8, 4) is 0 Å². The Morgan fingerprint density at radius 2 is 2.25 bits per heavy atom. The fourth-order valence-electron chi connectivity index (χ4n) is 0.251. The molecule has 8 heavy (non-hydrogen) atoms. The quantitative estimate of drug-likeness (QED) is 0.532. The second-order valence-electron chi connectivity index (χ2n) is 1.47. The smallest absolute Gasteiger partial charge is 0.0450 e. The first-order chi connectivity index (χ1) is 3.81. The number of allylic oxidation sites excluding steroid dienone is 1. The maximum absolute atomic E-state index is 3.89. The number of nitrogens with zero attached hydrogens (tertiary/aromatic N) is 1. The molecule has 0 aliphatic carbocycles. The van der Waals surface area contributed by atoms with Crippen LogP contribution in [0.25, 0.3) is 0 Å². The lowest BCUT2D eigenvalue weighted by molar-refractivity contribution is 0.981. The van der Waals surface area contributed by atoms with Crippen molar-refractivity contribution in [1.29, 1.82) is 0 Å². The lowest BCUT2D eigenvalue weighted by Crippen LogP contribution is -2.00. The zero-order chi connectivity index (χ0) is 6.41. The summed E-state index contributed by atoms with van der Waals surface area (Å²) >= 11 is 0. The van der Waals surface area contributed by atoms with Gasteiger partial charge < -0.3 is 5.32 Å². The van der Waals surface area contributed by atoms with Gasteiger partial charge in [0.15, 0.2) is 0 Å². The van der Waals surface area contributed by atoms with E-state index in [2.05, 4.69) is 10.3 Å². The molecule has 0 aliphatic heterocycles. The average Bonchev–Trinajstić information content (AvgIpc) is 1.83. The van der Waals surface area contributed by atoms with Crippen LogP contribution in [0.4, 0.5) is 0 Å². The van der Waals surface area contributed by atoms with Crippen LogP contribution in [0.15, 0.2) is 16.9 Å². The third kappa shape index (κ3) is 3.40. The summed E-state index contributed by atoms with van der Waals surface area (Å²) in [6, 6.07) is 0. The van der Waals surface area contributed by atoms with Crippen molar-refractivity contribution in [3.05, 3.63) is 11.9 Å². The van der Waals surface area contributed by atoms with Gasteiger partial charge in [0.2, 0.25) is 0 Å². The van der Waals surface area contributed by atoms with E-state index in [0.717, 1.165) is 5.70 Å². The molecule has 0 radical (unpaired) electrons. The van der Waals surface area contributed by atoms with Gasteiger partial charge in [-0.25, -0.2) is 0 Å². The Labute approximate surface area is 50.3 Å². The minimum Gasteiger partial charge on any atom is -0.390 e. The minimum atomic E-state index is 1.07. The van der Waals surface area contributed by atoms with E-state index >= 15 is 0 Å². The molecule has 0 heterocycles. The van der Waals surface area contributed by atoms with E-state index in [4.69, 9.17) is 0 Å². The maximum Gasteiger partial charge on any atom is 0.0450 e. The van der Waals surface area contributed by atoms with Gasteiger partial charge >= 0.3 is 0 Å². The molecule has 0 amide bonds. The highest BCUT2D eigenvalue weighted by Crippen LogP contribution is 1.82. The van der Waals surface area contributed by atoms with E-state index in [1.54, 1.807) is 12.4 Å². The average molecular weight is 112 g/mol. The summed E-state index contributed by atoms with van der Waals surface area (Å²) in [7, 11) is 1.87. The predicted molar refractivity (Wildman–Crippen MR) is 37.0 cm³/mol. The Hall–Kier alpha value is -0.790. The van der Waals surface area contributed by atoms with Crippen molar-refractivity contribution < 1.29 is 0 Å². The van der Waals surface area contributed by atoms with Crippen LogP contribution in [0.3, 0.4) is 0 Å². The van der Waals surface area contributed by atoms with Gasteiger partial charge in [-0.1, -0.05) is 0 Å². The van der Waals surface area contributed by atoms with Crippen LogP contribution in [0, 0.1) is 0 Å². The Balaban J connectivity index is 3.57. The normalized spacial score (nSPS) is 12.6. The Morgan fingerprint density at radius 1 is 1.62 bits per heavy atom. The van der Waals surface area contributed by atoms with E-state index < -0.39 is 0 Å². The molecule has 0 unspecified atom stereocenters. The number of nitrogens with one attached hydrogen (secondary N) is 1. The van der Waals surface area contributed by atoms with Gasteiger partial charge in [0.1, 0.15) is 0 Å². The third-order valence-corrected chi connectivity index (χ3v) is 0.812. The van der Waals surface area contributed by atoms with Crippen LogP contribution in [-0.2, 0) is 0 Å². The lowest BCUT2D eigenvalue weighted by atomic mass is 10.5. The van der Waals surface area contributed by atoms with Crippen molar-refractivity contribution in [1.82, 2.24) is 5.32 Å².